The van der Waals surface area contributed by atoms with Gasteiger partial charge in [0.15, 0.2) is 0 Å². The Morgan fingerprint density at radius 2 is 1.89 bits per heavy atom. The summed E-state index contributed by atoms with van der Waals surface area (Å²) in [4.78, 5) is 16.1. The summed E-state index contributed by atoms with van der Waals surface area (Å²) in [6, 6.07) is 3.18. The molecule has 0 atom stereocenters. The van der Waals surface area contributed by atoms with Gasteiger partial charge in [0.1, 0.15) is 10.8 Å². The lowest BCUT2D eigenvalue weighted by Gasteiger charge is -2.16. The minimum Gasteiger partial charge on any atom is -0.350 e. The minimum atomic E-state index is -0.223. The van der Waals surface area contributed by atoms with Crippen molar-refractivity contribution < 1.29 is 4.79 Å². The van der Waals surface area contributed by atoms with Crippen LogP contribution >= 0.6 is 23.2 Å². The Bertz CT molecular complexity index is 486. The first kappa shape index (κ1) is 13.2. The molecular formula is C14H16Cl2N2O. The summed E-state index contributed by atoms with van der Waals surface area (Å²) in [7, 11) is 0. The van der Waals surface area contributed by atoms with Gasteiger partial charge in [-0.2, -0.15) is 0 Å². The van der Waals surface area contributed by atoms with Crippen molar-refractivity contribution in [1.82, 2.24) is 10.3 Å². The van der Waals surface area contributed by atoms with Crippen molar-refractivity contribution in [2.75, 3.05) is 6.54 Å². The van der Waals surface area contributed by atoms with Crippen molar-refractivity contribution in [2.24, 2.45) is 17.8 Å². The quantitative estimate of drug-likeness (QED) is 0.845. The zero-order chi connectivity index (χ0) is 13.4. The molecule has 2 aliphatic rings. The second-order valence-corrected chi connectivity index (χ2v) is 6.31. The number of nitrogens with one attached hydrogen (secondary N) is 1. The third kappa shape index (κ3) is 3.21. The summed E-state index contributed by atoms with van der Waals surface area (Å²) in [6.45, 7) is 0.735. The van der Waals surface area contributed by atoms with E-state index in [1.807, 2.05) is 0 Å². The maximum absolute atomic E-state index is 12.1. The molecule has 0 unspecified atom stereocenters. The number of nitrogens with zero attached hydrogens (tertiary/aromatic N) is 1. The van der Waals surface area contributed by atoms with Crippen LogP contribution in [-0.2, 0) is 0 Å². The normalized spacial score (nSPS) is 18.7. The number of rotatable bonds is 5. The average Bonchev–Trinajstić information content (AvgIpc) is 3.25. The molecule has 102 valence electrons. The molecule has 0 saturated heterocycles. The number of hydrogen-bond donors (Lipinski definition) is 1. The molecular weight excluding hydrogens is 283 g/mol. The molecule has 5 heteroatoms. The van der Waals surface area contributed by atoms with Gasteiger partial charge in [-0.15, -0.1) is 0 Å². The van der Waals surface area contributed by atoms with E-state index in [4.69, 9.17) is 23.2 Å². The van der Waals surface area contributed by atoms with Crippen molar-refractivity contribution in [2.45, 2.75) is 25.7 Å². The van der Waals surface area contributed by atoms with Crippen LogP contribution in [0.15, 0.2) is 12.1 Å². The molecule has 0 bridgehead atoms. The SMILES string of the molecule is O=C(NCC(C1CC1)C1CC1)c1nc(Cl)ccc1Cl. The van der Waals surface area contributed by atoms with Crippen LogP contribution in [-0.4, -0.2) is 17.4 Å². The lowest BCUT2D eigenvalue weighted by atomic mass is 9.98. The van der Waals surface area contributed by atoms with Gasteiger partial charge in [0, 0.05) is 6.54 Å². The standard InChI is InChI=1S/C14H16Cl2N2O/c15-11-5-6-12(16)18-13(11)14(19)17-7-10(8-1-2-8)9-3-4-9/h5-6,8-10H,1-4,7H2,(H,17,19). The van der Waals surface area contributed by atoms with Gasteiger partial charge < -0.3 is 5.32 Å². The van der Waals surface area contributed by atoms with Crippen LogP contribution < -0.4 is 5.32 Å². The minimum absolute atomic E-state index is 0.222. The van der Waals surface area contributed by atoms with Crippen LogP contribution in [0.3, 0.4) is 0 Å². The number of aromatic nitrogens is 1. The predicted octanol–water partition coefficient (Wildman–Crippen LogP) is 3.55. The summed E-state index contributed by atoms with van der Waals surface area (Å²) in [6.07, 6.45) is 5.25. The highest BCUT2D eigenvalue weighted by Gasteiger charge is 2.41. The summed E-state index contributed by atoms with van der Waals surface area (Å²) >= 11 is 11.8. The predicted molar refractivity (Wildman–Crippen MR) is 75.5 cm³/mol. The average molecular weight is 299 g/mol. The largest absolute Gasteiger partial charge is 0.350 e. The van der Waals surface area contributed by atoms with E-state index in [-0.39, 0.29) is 16.8 Å². The number of carbonyl (C=O) groups excluding carboxylic acids is 1. The maximum Gasteiger partial charge on any atom is 0.271 e. The second kappa shape index (κ2) is 5.29. The molecule has 1 aromatic heterocycles. The fraction of sp³-hybridized carbons (Fsp3) is 0.571. The summed E-state index contributed by atoms with van der Waals surface area (Å²) in [5, 5.41) is 3.60. The third-order valence-electron chi connectivity index (χ3n) is 3.98. The maximum atomic E-state index is 12.1. The first-order chi connectivity index (χ1) is 9.15. The molecule has 1 aromatic rings. The van der Waals surface area contributed by atoms with Gasteiger partial charge in [0.2, 0.25) is 0 Å². The number of pyridine rings is 1. The van der Waals surface area contributed by atoms with Crippen LogP contribution in [0.25, 0.3) is 0 Å². The Hall–Kier alpha value is -0.800. The first-order valence-corrected chi connectivity index (χ1v) is 7.51. The summed E-state index contributed by atoms with van der Waals surface area (Å²) in [5.41, 5.74) is 0.222. The number of amides is 1. The van der Waals surface area contributed by atoms with Crippen molar-refractivity contribution in [3.63, 3.8) is 0 Å². The Morgan fingerprint density at radius 1 is 1.26 bits per heavy atom. The van der Waals surface area contributed by atoms with Crippen LogP contribution in [0.5, 0.6) is 0 Å². The van der Waals surface area contributed by atoms with E-state index in [0.29, 0.717) is 10.9 Å². The van der Waals surface area contributed by atoms with E-state index in [1.165, 1.54) is 25.7 Å². The zero-order valence-corrected chi connectivity index (χ0v) is 12.0. The van der Waals surface area contributed by atoms with E-state index in [0.717, 1.165) is 18.4 Å². The molecule has 3 nitrogen and oxygen atoms in total. The van der Waals surface area contributed by atoms with Gasteiger partial charge in [-0.05, 0) is 55.6 Å². The van der Waals surface area contributed by atoms with Gasteiger partial charge in [0.05, 0.1) is 5.02 Å². The van der Waals surface area contributed by atoms with Gasteiger partial charge in [-0.3, -0.25) is 4.79 Å². The Kier molecular flexibility index (Phi) is 3.68. The van der Waals surface area contributed by atoms with E-state index in [1.54, 1.807) is 12.1 Å². The van der Waals surface area contributed by atoms with E-state index in [9.17, 15) is 4.79 Å². The molecule has 2 aliphatic carbocycles. The molecule has 0 aromatic carbocycles. The van der Waals surface area contributed by atoms with Gasteiger partial charge in [0.25, 0.3) is 5.91 Å². The summed E-state index contributed by atoms with van der Waals surface area (Å²) in [5.74, 6) is 2.05. The molecule has 19 heavy (non-hydrogen) atoms. The van der Waals surface area contributed by atoms with Crippen molar-refractivity contribution in [3.8, 4) is 0 Å². The van der Waals surface area contributed by atoms with Crippen LogP contribution in [0.2, 0.25) is 10.2 Å². The van der Waals surface area contributed by atoms with Gasteiger partial charge >= 0.3 is 0 Å². The Balaban J connectivity index is 1.62. The molecule has 3 rings (SSSR count). The number of carbonyl (C=O) groups is 1. The second-order valence-electron chi connectivity index (χ2n) is 5.51. The fourth-order valence-electron chi connectivity index (χ4n) is 2.64. The Labute approximate surface area is 122 Å². The first-order valence-electron chi connectivity index (χ1n) is 6.75. The van der Waals surface area contributed by atoms with Gasteiger partial charge in [-0.25, -0.2) is 4.98 Å². The highest BCUT2D eigenvalue weighted by molar-refractivity contribution is 6.34. The highest BCUT2D eigenvalue weighted by atomic mass is 35.5. The topological polar surface area (TPSA) is 42.0 Å². The number of halogens is 2. The molecule has 1 heterocycles. The van der Waals surface area contributed by atoms with Crippen LogP contribution in [0, 0.1) is 17.8 Å². The molecule has 1 N–H and O–H groups in total. The Morgan fingerprint density at radius 3 is 2.47 bits per heavy atom. The van der Waals surface area contributed by atoms with Crippen LogP contribution in [0.1, 0.15) is 36.2 Å². The van der Waals surface area contributed by atoms with E-state index >= 15 is 0 Å². The lowest BCUT2D eigenvalue weighted by molar-refractivity contribution is 0.0938. The van der Waals surface area contributed by atoms with E-state index < -0.39 is 0 Å². The number of hydrogen-bond acceptors (Lipinski definition) is 2. The van der Waals surface area contributed by atoms with Crippen molar-refractivity contribution in [3.05, 3.63) is 28.0 Å². The monoisotopic (exact) mass is 298 g/mol. The molecule has 2 saturated carbocycles. The zero-order valence-electron chi connectivity index (χ0n) is 10.5. The van der Waals surface area contributed by atoms with Crippen molar-refractivity contribution in [1.29, 1.82) is 0 Å². The van der Waals surface area contributed by atoms with E-state index in [2.05, 4.69) is 10.3 Å². The lowest BCUT2D eigenvalue weighted by Crippen LogP contribution is -2.31. The molecule has 2 fully saturated rings. The van der Waals surface area contributed by atoms with Gasteiger partial charge in [-0.1, -0.05) is 23.2 Å². The fourth-order valence-corrected chi connectivity index (χ4v) is 2.98. The molecule has 0 aliphatic heterocycles. The summed E-state index contributed by atoms with van der Waals surface area (Å²) < 4.78 is 0. The molecule has 0 spiro atoms. The molecule has 0 radical (unpaired) electrons. The smallest absolute Gasteiger partial charge is 0.271 e. The third-order valence-corrected chi connectivity index (χ3v) is 4.50. The highest BCUT2D eigenvalue weighted by Crippen LogP contribution is 2.48. The van der Waals surface area contributed by atoms with Crippen LogP contribution in [0.4, 0.5) is 0 Å². The van der Waals surface area contributed by atoms with Crippen molar-refractivity contribution >= 4 is 29.1 Å². The molecule has 1 amide bonds.